The van der Waals surface area contributed by atoms with Gasteiger partial charge in [-0.1, -0.05) is 53.7 Å². The highest BCUT2D eigenvalue weighted by Crippen LogP contribution is 2.18. The topological polar surface area (TPSA) is 139 Å². The van der Waals surface area contributed by atoms with Crippen molar-refractivity contribution in [2.45, 2.75) is 51.4 Å². The van der Waals surface area contributed by atoms with Crippen LogP contribution in [0, 0.1) is 6.92 Å². The number of aryl methyl sites for hydroxylation is 2. The molecule has 0 saturated carbocycles. The van der Waals surface area contributed by atoms with Crippen molar-refractivity contribution in [1.82, 2.24) is 35.4 Å². The second-order valence-corrected chi connectivity index (χ2v) is 10.5. The maximum absolute atomic E-state index is 14.0. The van der Waals surface area contributed by atoms with E-state index in [1.54, 1.807) is 21.8 Å². The molecular formula is C30H35N7O5. The van der Waals surface area contributed by atoms with Gasteiger partial charge in [-0.15, -0.1) is 5.10 Å². The summed E-state index contributed by atoms with van der Waals surface area (Å²) in [6.45, 7) is 2.65. The van der Waals surface area contributed by atoms with Gasteiger partial charge >= 0.3 is 0 Å². The van der Waals surface area contributed by atoms with Crippen LogP contribution in [0.4, 0.5) is 0 Å². The Morgan fingerprint density at radius 2 is 1.81 bits per heavy atom. The summed E-state index contributed by atoms with van der Waals surface area (Å²) in [4.78, 5) is 56.7. The molecule has 0 spiro atoms. The summed E-state index contributed by atoms with van der Waals surface area (Å²) < 4.78 is 7.39. The van der Waals surface area contributed by atoms with Gasteiger partial charge in [-0.25, -0.2) is 0 Å². The van der Waals surface area contributed by atoms with Gasteiger partial charge in [0.25, 0.3) is 5.91 Å². The lowest BCUT2D eigenvalue weighted by atomic mass is 10.0. The fourth-order valence-electron chi connectivity index (χ4n) is 5.19. The highest BCUT2D eigenvalue weighted by Gasteiger charge is 2.40. The molecule has 12 heteroatoms. The first kappa shape index (κ1) is 28.8. The van der Waals surface area contributed by atoms with Crippen molar-refractivity contribution < 1.29 is 23.9 Å². The minimum absolute atomic E-state index is 0.00771. The van der Waals surface area contributed by atoms with Crippen LogP contribution in [-0.2, 0) is 38.7 Å². The minimum Gasteiger partial charge on any atom is -0.484 e. The molecule has 2 aliphatic rings. The first-order valence-electron chi connectivity index (χ1n) is 14.1. The Labute approximate surface area is 244 Å². The van der Waals surface area contributed by atoms with E-state index in [0.717, 1.165) is 11.1 Å². The minimum atomic E-state index is -0.969. The predicted octanol–water partition coefficient (Wildman–Crippen LogP) is 0.842. The summed E-state index contributed by atoms with van der Waals surface area (Å²) in [6, 6.07) is 15.0. The molecule has 1 fully saturated rings. The van der Waals surface area contributed by atoms with Gasteiger partial charge in [-0.3, -0.25) is 23.9 Å². The third-order valence-electron chi connectivity index (χ3n) is 7.50. The summed E-state index contributed by atoms with van der Waals surface area (Å²) in [5.41, 5.74) is 2.34. The Kier molecular flexibility index (Phi) is 9.10. The number of aromatic nitrogens is 3. The summed E-state index contributed by atoms with van der Waals surface area (Å²) in [5, 5.41) is 13.9. The Bertz CT molecular complexity index is 1430. The Morgan fingerprint density at radius 3 is 2.62 bits per heavy atom. The van der Waals surface area contributed by atoms with Crippen molar-refractivity contribution >= 4 is 23.6 Å². The van der Waals surface area contributed by atoms with Crippen LogP contribution in [0.5, 0.6) is 5.75 Å². The molecule has 2 bridgehead atoms. The number of ether oxygens (including phenoxy) is 1. The molecule has 2 aromatic carbocycles. The van der Waals surface area contributed by atoms with E-state index < -0.39 is 18.0 Å². The molecule has 12 nitrogen and oxygen atoms in total. The Hall–Kier alpha value is -4.74. The van der Waals surface area contributed by atoms with Crippen LogP contribution in [0.25, 0.3) is 0 Å². The molecule has 2 N–H and O–H groups in total. The predicted molar refractivity (Wildman–Crippen MR) is 152 cm³/mol. The molecule has 0 aliphatic carbocycles. The first-order valence-corrected chi connectivity index (χ1v) is 14.1. The average molecular weight is 574 g/mol. The molecule has 3 heterocycles. The zero-order valence-corrected chi connectivity index (χ0v) is 23.6. The number of amides is 4. The van der Waals surface area contributed by atoms with E-state index in [1.165, 1.54) is 4.90 Å². The monoisotopic (exact) mass is 573 g/mol. The van der Waals surface area contributed by atoms with Gasteiger partial charge in [0.2, 0.25) is 17.7 Å². The van der Waals surface area contributed by atoms with E-state index in [9.17, 15) is 19.2 Å². The van der Waals surface area contributed by atoms with Crippen molar-refractivity contribution in [3.8, 4) is 5.75 Å². The molecule has 1 aromatic heterocycles. The molecule has 1 saturated heterocycles. The highest BCUT2D eigenvalue weighted by atomic mass is 16.5. The smallest absolute Gasteiger partial charge is 0.260 e. The van der Waals surface area contributed by atoms with E-state index in [0.29, 0.717) is 24.4 Å². The lowest BCUT2D eigenvalue weighted by Crippen LogP contribution is -2.64. The van der Waals surface area contributed by atoms with Gasteiger partial charge in [0.1, 0.15) is 23.5 Å². The van der Waals surface area contributed by atoms with Gasteiger partial charge < -0.3 is 25.2 Å². The summed E-state index contributed by atoms with van der Waals surface area (Å²) in [6.07, 6.45) is 2.71. The van der Waals surface area contributed by atoms with Gasteiger partial charge in [0.15, 0.2) is 6.61 Å². The highest BCUT2D eigenvalue weighted by molar-refractivity contribution is 5.93. The first-order chi connectivity index (χ1) is 20.4. The molecule has 2 atom stereocenters. The molecule has 220 valence electrons. The molecule has 0 radical (unpaired) electrons. The van der Waals surface area contributed by atoms with E-state index in [-0.39, 0.29) is 63.3 Å². The van der Waals surface area contributed by atoms with Crippen LogP contribution < -0.4 is 15.4 Å². The number of carbonyl (C=O) groups is 4. The van der Waals surface area contributed by atoms with Crippen LogP contribution in [0.2, 0.25) is 0 Å². The average Bonchev–Trinajstić information content (AvgIpc) is 3.46. The Balaban J connectivity index is 1.37. The molecule has 42 heavy (non-hydrogen) atoms. The standard InChI is InChI=1S/C30H35N7O5/c1-21-8-5-6-11-26(21)42-20-28(39)35-14-15-37-25(19-35)29(40)31-17-23-18-36(34-33-23)13-7-12-27(38)32-24(30(37)41)16-22-9-3-2-4-10-22/h2-6,8-11,18,24-25H,7,12-17,19-20H2,1H3,(H,31,40)(H,32,38)/t24-,25+/m0/s1. The second-order valence-electron chi connectivity index (χ2n) is 10.5. The number of rotatable bonds is 5. The lowest BCUT2D eigenvalue weighted by molar-refractivity contribution is -0.150. The molecule has 2 aliphatic heterocycles. The number of hydrogen-bond acceptors (Lipinski definition) is 7. The molecule has 3 aromatic rings. The normalized spacial score (nSPS) is 20.1. The number of fused-ring (bicyclic) bond motifs is 3. The molecule has 4 amide bonds. The van der Waals surface area contributed by atoms with Crippen molar-refractivity contribution in [2.75, 3.05) is 26.2 Å². The number of hydrogen-bond donors (Lipinski definition) is 2. The number of para-hydroxylation sites is 1. The van der Waals surface area contributed by atoms with Crippen molar-refractivity contribution in [3.63, 3.8) is 0 Å². The zero-order valence-electron chi connectivity index (χ0n) is 23.6. The Morgan fingerprint density at radius 1 is 1.02 bits per heavy atom. The third kappa shape index (κ3) is 7.12. The van der Waals surface area contributed by atoms with Crippen LogP contribution in [0.15, 0.2) is 60.8 Å². The summed E-state index contributed by atoms with van der Waals surface area (Å²) in [5.74, 6) is -0.725. The SMILES string of the molecule is Cc1ccccc1OCC(=O)N1CCN2C(=O)[C@H](Cc3ccccc3)NC(=O)CCCn3cc(nn3)CNC(=O)[C@H]2C1. The van der Waals surface area contributed by atoms with Crippen LogP contribution in [-0.4, -0.2) is 86.7 Å². The van der Waals surface area contributed by atoms with Gasteiger partial charge in [-0.05, 0) is 30.5 Å². The molecule has 5 rings (SSSR count). The van der Waals surface area contributed by atoms with E-state index in [1.807, 2.05) is 55.5 Å². The van der Waals surface area contributed by atoms with Crippen LogP contribution in [0.3, 0.4) is 0 Å². The maximum atomic E-state index is 14.0. The van der Waals surface area contributed by atoms with E-state index >= 15 is 0 Å². The number of nitrogens with one attached hydrogen (secondary N) is 2. The zero-order chi connectivity index (χ0) is 29.5. The lowest BCUT2D eigenvalue weighted by Gasteiger charge is -2.41. The third-order valence-corrected chi connectivity index (χ3v) is 7.50. The van der Waals surface area contributed by atoms with Crippen molar-refractivity contribution in [1.29, 1.82) is 0 Å². The number of nitrogens with zero attached hydrogens (tertiary/aromatic N) is 5. The van der Waals surface area contributed by atoms with Crippen LogP contribution >= 0.6 is 0 Å². The molecular weight excluding hydrogens is 538 g/mol. The van der Waals surface area contributed by atoms with E-state index in [4.69, 9.17) is 4.74 Å². The van der Waals surface area contributed by atoms with Gasteiger partial charge in [-0.2, -0.15) is 0 Å². The van der Waals surface area contributed by atoms with Gasteiger partial charge in [0.05, 0.1) is 19.3 Å². The van der Waals surface area contributed by atoms with Crippen molar-refractivity contribution in [3.05, 3.63) is 77.6 Å². The number of carbonyl (C=O) groups excluding carboxylic acids is 4. The second kappa shape index (κ2) is 13.3. The fraction of sp³-hybridized carbons (Fsp3) is 0.400. The maximum Gasteiger partial charge on any atom is 0.260 e. The van der Waals surface area contributed by atoms with E-state index in [2.05, 4.69) is 20.9 Å². The number of piperazine rings is 1. The van der Waals surface area contributed by atoms with Gasteiger partial charge in [0, 0.05) is 32.5 Å². The molecule has 0 unspecified atom stereocenters. The largest absolute Gasteiger partial charge is 0.484 e. The fourth-order valence-corrected chi connectivity index (χ4v) is 5.19. The number of benzene rings is 2. The van der Waals surface area contributed by atoms with Crippen LogP contribution in [0.1, 0.15) is 29.7 Å². The summed E-state index contributed by atoms with van der Waals surface area (Å²) in [7, 11) is 0. The summed E-state index contributed by atoms with van der Waals surface area (Å²) >= 11 is 0. The quantitative estimate of drug-likeness (QED) is 0.461. The van der Waals surface area contributed by atoms with Crippen molar-refractivity contribution in [2.24, 2.45) is 0 Å².